The van der Waals surface area contributed by atoms with E-state index in [2.05, 4.69) is 42.9 Å². The van der Waals surface area contributed by atoms with Gasteiger partial charge in [-0.2, -0.15) is 0 Å². The number of halogens is 1. The minimum absolute atomic E-state index is 0.558. The van der Waals surface area contributed by atoms with Crippen LogP contribution in [0.25, 0.3) is 0 Å². The van der Waals surface area contributed by atoms with Gasteiger partial charge in [0.15, 0.2) is 0 Å². The number of nitrogens with one attached hydrogen (secondary N) is 1. The van der Waals surface area contributed by atoms with Crippen LogP contribution in [0.2, 0.25) is 5.02 Å². The monoisotopic (exact) mass is 297 g/mol. The molecule has 1 heterocycles. The van der Waals surface area contributed by atoms with E-state index in [1.54, 1.807) is 0 Å². The summed E-state index contributed by atoms with van der Waals surface area (Å²) in [5, 5.41) is 4.01. The highest BCUT2D eigenvalue weighted by Gasteiger charge is 2.15. The molecule has 0 radical (unpaired) electrons. The average Bonchev–Trinajstić information content (AvgIpc) is 2.46. The van der Waals surface area contributed by atoms with Crippen LogP contribution in [-0.4, -0.2) is 29.0 Å². The van der Waals surface area contributed by atoms with Crippen LogP contribution in [-0.2, 0) is 6.54 Å². The molecule has 1 aromatic rings. The molecular weight excluding hydrogens is 270 g/mol. The van der Waals surface area contributed by atoms with Crippen LogP contribution in [0.3, 0.4) is 0 Å². The van der Waals surface area contributed by atoms with E-state index in [9.17, 15) is 0 Å². The molecule has 1 aromatic heterocycles. The Balaban J connectivity index is 2.82. The van der Waals surface area contributed by atoms with Gasteiger partial charge in [-0.3, -0.25) is 4.90 Å². The number of pyridine rings is 1. The Morgan fingerprint density at radius 2 is 2.05 bits per heavy atom. The minimum Gasteiger partial charge on any atom is -0.370 e. The minimum atomic E-state index is 0.558. The molecule has 1 rings (SSSR count). The summed E-state index contributed by atoms with van der Waals surface area (Å²) in [6, 6.07) is 4.44. The van der Waals surface area contributed by atoms with E-state index in [0.717, 1.165) is 42.6 Å². The topological polar surface area (TPSA) is 28.2 Å². The summed E-state index contributed by atoms with van der Waals surface area (Å²) in [5.41, 5.74) is 0.974. The molecule has 0 aliphatic heterocycles. The van der Waals surface area contributed by atoms with Gasteiger partial charge in [-0.1, -0.05) is 31.9 Å². The van der Waals surface area contributed by atoms with Crippen molar-refractivity contribution in [1.29, 1.82) is 0 Å². The van der Waals surface area contributed by atoms with Gasteiger partial charge in [0.05, 0.1) is 10.7 Å². The number of hydrogen-bond donors (Lipinski definition) is 1. The molecule has 0 aromatic carbocycles. The Morgan fingerprint density at radius 1 is 1.30 bits per heavy atom. The maximum atomic E-state index is 6.31. The molecular formula is C16H28ClN3. The molecule has 1 atom stereocenters. The largest absolute Gasteiger partial charge is 0.370 e. The molecule has 0 bridgehead atoms. The highest BCUT2D eigenvalue weighted by Crippen LogP contribution is 2.20. The van der Waals surface area contributed by atoms with Gasteiger partial charge in [-0.05, 0) is 45.4 Å². The highest BCUT2D eigenvalue weighted by atomic mass is 35.5. The van der Waals surface area contributed by atoms with Crippen LogP contribution in [0.1, 0.15) is 52.7 Å². The van der Waals surface area contributed by atoms with Gasteiger partial charge in [-0.25, -0.2) is 4.98 Å². The zero-order valence-corrected chi connectivity index (χ0v) is 14.0. The fraction of sp³-hybridized carbons (Fsp3) is 0.688. The van der Waals surface area contributed by atoms with Crippen molar-refractivity contribution < 1.29 is 0 Å². The lowest BCUT2D eigenvalue weighted by molar-refractivity contribution is 0.190. The first kappa shape index (κ1) is 17.3. The van der Waals surface area contributed by atoms with Crippen LogP contribution in [0, 0.1) is 0 Å². The molecule has 0 amide bonds. The quantitative estimate of drug-likeness (QED) is 0.724. The third kappa shape index (κ3) is 5.29. The maximum absolute atomic E-state index is 6.31. The molecule has 1 unspecified atom stereocenters. The first-order valence-electron chi connectivity index (χ1n) is 7.75. The molecule has 114 valence electrons. The van der Waals surface area contributed by atoms with Crippen molar-refractivity contribution in [3.8, 4) is 0 Å². The van der Waals surface area contributed by atoms with Crippen molar-refractivity contribution in [2.75, 3.05) is 18.4 Å². The predicted molar refractivity (Wildman–Crippen MR) is 88.5 cm³/mol. The second-order valence-corrected chi connectivity index (χ2v) is 5.64. The highest BCUT2D eigenvalue weighted by molar-refractivity contribution is 6.31. The lowest BCUT2D eigenvalue weighted by atomic mass is 10.2. The number of aromatic nitrogens is 1. The fourth-order valence-electron chi connectivity index (χ4n) is 2.14. The van der Waals surface area contributed by atoms with Crippen LogP contribution >= 0.6 is 11.6 Å². The molecule has 20 heavy (non-hydrogen) atoms. The van der Waals surface area contributed by atoms with Crippen molar-refractivity contribution in [2.45, 2.75) is 59.5 Å². The van der Waals surface area contributed by atoms with Gasteiger partial charge in [-0.15, -0.1) is 0 Å². The molecule has 0 spiro atoms. The number of unbranched alkanes of at least 4 members (excludes halogenated alkanes) is 1. The van der Waals surface area contributed by atoms with Crippen molar-refractivity contribution in [1.82, 2.24) is 9.88 Å². The van der Waals surface area contributed by atoms with Crippen LogP contribution in [0.5, 0.6) is 0 Å². The first-order chi connectivity index (χ1) is 9.62. The van der Waals surface area contributed by atoms with Crippen molar-refractivity contribution in [3.63, 3.8) is 0 Å². The Morgan fingerprint density at radius 3 is 2.65 bits per heavy atom. The van der Waals surface area contributed by atoms with Crippen molar-refractivity contribution >= 4 is 17.4 Å². The summed E-state index contributed by atoms with van der Waals surface area (Å²) in [6.07, 6.45) is 3.58. The van der Waals surface area contributed by atoms with Crippen LogP contribution < -0.4 is 5.32 Å². The third-order valence-corrected chi connectivity index (χ3v) is 3.99. The van der Waals surface area contributed by atoms with Crippen molar-refractivity contribution in [3.05, 3.63) is 22.8 Å². The third-order valence-electron chi connectivity index (χ3n) is 3.64. The molecule has 4 heteroatoms. The predicted octanol–water partition coefficient (Wildman–Crippen LogP) is 4.57. The normalized spacial score (nSPS) is 12.7. The molecule has 1 N–H and O–H groups in total. The first-order valence-corrected chi connectivity index (χ1v) is 8.13. The Bertz CT molecular complexity index is 395. The number of hydrogen-bond acceptors (Lipinski definition) is 3. The van der Waals surface area contributed by atoms with E-state index in [4.69, 9.17) is 11.6 Å². The summed E-state index contributed by atoms with van der Waals surface area (Å²) < 4.78 is 0. The van der Waals surface area contributed by atoms with Gasteiger partial charge in [0.1, 0.15) is 5.82 Å². The Hall–Kier alpha value is -0.800. The maximum Gasteiger partial charge on any atom is 0.126 e. The van der Waals surface area contributed by atoms with E-state index in [-0.39, 0.29) is 0 Å². The number of rotatable bonds is 9. The van der Waals surface area contributed by atoms with E-state index in [1.807, 2.05) is 12.1 Å². The van der Waals surface area contributed by atoms with Gasteiger partial charge in [0, 0.05) is 19.1 Å². The Kier molecular flexibility index (Phi) is 7.93. The van der Waals surface area contributed by atoms with Gasteiger partial charge in [0.2, 0.25) is 0 Å². The van der Waals surface area contributed by atoms with E-state index in [1.165, 1.54) is 12.8 Å². The van der Waals surface area contributed by atoms with Crippen molar-refractivity contribution in [2.24, 2.45) is 0 Å². The van der Waals surface area contributed by atoms with E-state index < -0.39 is 0 Å². The molecule has 0 aliphatic rings. The summed E-state index contributed by atoms with van der Waals surface area (Å²) in [6.45, 7) is 11.6. The number of anilines is 1. The van der Waals surface area contributed by atoms with Gasteiger partial charge < -0.3 is 5.32 Å². The second kappa shape index (κ2) is 9.19. The zero-order chi connectivity index (χ0) is 15.0. The second-order valence-electron chi connectivity index (χ2n) is 5.24. The average molecular weight is 298 g/mol. The lowest BCUT2D eigenvalue weighted by Gasteiger charge is -2.28. The zero-order valence-electron chi connectivity index (χ0n) is 13.2. The molecule has 0 saturated heterocycles. The SMILES string of the molecule is CCCCN(Cc1nc(NCC)ccc1Cl)C(C)CC. The molecule has 3 nitrogen and oxygen atoms in total. The fourth-order valence-corrected chi connectivity index (χ4v) is 2.31. The summed E-state index contributed by atoms with van der Waals surface area (Å²) in [4.78, 5) is 7.12. The lowest BCUT2D eigenvalue weighted by Crippen LogP contribution is -2.33. The summed E-state index contributed by atoms with van der Waals surface area (Å²) >= 11 is 6.31. The summed E-state index contributed by atoms with van der Waals surface area (Å²) in [7, 11) is 0. The number of nitrogens with zero attached hydrogens (tertiary/aromatic N) is 2. The molecule has 0 saturated carbocycles. The Labute approximate surface area is 128 Å². The van der Waals surface area contributed by atoms with E-state index >= 15 is 0 Å². The standard InChI is InChI=1S/C16H28ClN3/c1-5-8-11-20(13(4)6-2)12-15-14(17)9-10-16(19-15)18-7-3/h9-10,13H,5-8,11-12H2,1-4H3,(H,18,19). The molecule has 0 aliphatic carbocycles. The van der Waals surface area contributed by atoms with E-state index in [0.29, 0.717) is 6.04 Å². The van der Waals surface area contributed by atoms with Crippen LogP contribution in [0.15, 0.2) is 12.1 Å². The van der Waals surface area contributed by atoms with Crippen LogP contribution in [0.4, 0.5) is 5.82 Å². The van der Waals surface area contributed by atoms with Gasteiger partial charge >= 0.3 is 0 Å². The summed E-state index contributed by atoms with van der Waals surface area (Å²) in [5.74, 6) is 0.909. The smallest absolute Gasteiger partial charge is 0.126 e. The van der Waals surface area contributed by atoms with Gasteiger partial charge in [0.25, 0.3) is 0 Å². The molecule has 0 fully saturated rings.